The summed E-state index contributed by atoms with van der Waals surface area (Å²) in [5.74, 6) is -0.112. The molecule has 78 valence electrons. The normalized spacial score (nSPS) is 23.5. The highest BCUT2D eigenvalue weighted by atomic mass is 16.5. The van der Waals surface area contributed by atoms with Crippen molar-refractivity contribution in [3.63, 3.8) is 0 Å². The number of hydrogen-bond acceptors (Lipinski definition) is 2. The summed E-state index contributed by atoms with van der Waals surface area (Å²) in [4.78, 5) is 11.9. The van der Waals surface area contributed by atoms with Crippen LogP contribution in [0.3, 0.4) is 0 Å². The second-order valence-corrected chi connectivity index (χ2v) is 3.74. The van der Waals surface area contributed by atoms with Crippen LogP contribution in [0.25, 0.3) is 0 Å². The molecule has 0 radical (unpaired) electrons. The summed E-state index contributed by atoms with van der Waals surface area (Å²) in [5.41, 5.74) is 0.0368. The molecule has 1 unspecified atom stereocenters. The molecule has 3 nitrogen and oxygen atoms in total. The van der Waals surface area contributed by atoms with Crippen molar-refractivity contribution in [1.82, 2.24) is 0 Å². The van der Waals surface area contributed by atoms with Crippen molar-refractivity contribution in [3.05, 3.63) is 42.7 Å². The highest BCUT2D eigenvalue weighted by Crippen LogP contribution is 2.24. The number of benzene rings is 1. The van der Waals surface area contributed by atoms with Crippen LogP contribution in [0, 0.1) is 0 Å². The van der Waals surface area contributed by atoms with Crippen LogP contribution >= 0.6 is 0 Å². The molecule has 1 N–H and O–H groups in total. The lowest BCUT2D eigenvalue weighted by molar-refractivity contribution is -0.131. The number of carbonyl (C=O) groups is 1. The Balaban J connectivity index is 2.04. The summed E-state index contributed by atoms with van der Waals surface area (Å²) in [6.45, 7) is 1.78. The lowest BCUT2D eigenvalue weighted by Gasteiger charge is -2.22. The van der Waals surface area contributed by atoms with E-state index >= 15 is 0 Å². The molecule has 0 aromatic heterocycles. The number of hydrogen-bond donors (Lipinski definition) is 1. The maximum Gasteiger partial charge on any atom is 0.268 e. The van der Waals surface area contributed by atoms with Gasteiger partial charge < -0.3 is 10.1 Å². The lowest BCUT2D eigenvalue weighted by atomic mass is 10.0. The predicted octanol–water partition coefficient (Wildman–Crippen LogP) is 2.32. The first kappa shape index (κ1) is 9.77. The molecule has 0 bridgehead atoms. The third kappa shape index (κ3) is 2.01. The van der Waals surface area contributed by atoms with E-state index in [1.807, 2.05) is 36.4 Å². The average molecular weight is 203 g/mol. The molecule has 0 fully saturated rings. The standard InChI is InChI=1S/C12H13NO2/c1-12(8-5-9-15-12)11(14)13-10-6-3-2-4-7-10/h2-7,9H,8H2,1H3,(H,13,14). The molecule has 1 atom stereocenters. The van der Waals surface area contributed by atoms with Gasteiger partial charge in [0.1, 0.15) is 0 Å². The molecule has 15 heavy (non-hydrogen) atoms. The Morgan fingerprint density at radius 2 is 2.13 bits per heavy atom. The fourth-order valence-corrected chi connectivity index (χ4v) is 1.45. The molecule has 1 aromatic rings. The van der Waals surface area contributed by atoms with E-state index in [1.54, 1.807) is 13.2 Å². The smallest absolute Gasteiger partial charge is 0.268 e. The molecule has 0 saturated heterocycles. The van der Waals surface area contributed by atoms with Crippen LogP contribution < -0.4 is 5.32 Å². The molecule has 1 aromatic carbocycles. The van der Waals surface area contributed by atoms with E-state index in [-0.39, 0.29) is 5.91 Å². The Kier molecular flexibility index (Phi) is 2.46. The third-order valence-corrected chi connectivity index (χ3v) is 2.44. The SMILES string of the molecule is CC1(C(=O)Nc2ccccc2)CC=CO1. The fraction of sp³-hybridized carbons (Fsp3) is 0.250. The Bertz CT molecular complexity index is 376. The molecule has 0 spiro atoms. The minimum absolute atomic E-state index is 0.112. The molecule has 1 aliphatic rings. The van der Waals surface area contributed by atoms with Gasteiger partial charge in [0.15, 0.2) is 5.60 Å². The van der Waals surface area contributed by atoms with Crippen LogP contribution in [0.4, 0.5) is 5.69 Å². The summed E-state index contributed by atoms with van der Waals surface area (Å²) in [6, 6.07) is 9.37. The monoisotopic (exact) mass is 203 g/mol. The second kappa shape index (κ2) is 3.77. The van der Waals surface area contributed by atoms with Crippen LogP contribution in [-0.2, 0) is 9.53 Å². The Morgan fingerprint density at radius 1 is 1.40 bits per heavy atom. The topological polar surface area (TPSA) is 38.3 Å². The van der Waals surface area contributed by atoms with Gasteiger partial charge in [0.2, 0.25) is 0 Å². The van der Waals surface area contributed by atoms with E-state index in [2.05, 4.69) is 5.32 Å². The van der Waals surface area contributed by atoms with E-state index < -0.39 is 5.60 Å². The van der Waals surface area contributed by atoms with Gasteiger partial charge in [-0.15, -0.1) is 0 Å². The number of para-hydroxylation sites is 1. The van der Waals surface area contributed by atoms with Crippen molar-refractivity contribution < 1.29 is 9.53 Å². The van der Waals surface area contributed by atoms with Gasteiger partial charge in [0, 0.05) is 12.1 Å². The zero-order valence-corrected chi connectivity index (χ0v) is 8.57. The van der Waals surface area contributed by atoms with Crippen LogP contribution in [0.5, 0.6) is 0 Å². The summed E-state index contributed by atoms with van der Waals surface area (Å²) in [5, 5.41) is 2.82. The molecule has 3 heteroatoms. The predicted molar refractivity (Wildman–Crippen MR) is 58.3 cm³/mol. The van der Waals surface area contributed by atoms with Gasteiger partial charge in [0.25, 0.3) is 5.91 Å². The summed E-state index contributed by atoms with van der Waals surface area (Å²) >= 11 is 0. The zero-order chi connectivity index (χ0) is 10.7. The van der Waals surface area contributed by atoms with Gasteiger partial charge in [-0.1, -0.05) is 18.2 Å². The minimum atomic E-state index is -0.754. The molecule has 0 aliphatic carbocycles. The van der Waals surface area contributed by atoms with Crippen LogP contribution in [0.2, 0.25) is 0 Å². The highest BCUT2D eigenvalue weighted by molar-refractivity contribution is 5.97. The van der Waals surface area contributed by atoms with E-state index in [1.165, 1.54) is 0 Å². The van der Waals surface area contributed by atoms with Crippen molar-refractivity contribution in [2.45, 2.75) is 18.9 Å². The highest BCUT2D eigenvalue weighted by Gasteiger charge is 2.36. The molecule has 1 aliphatic heterocycles. The van der Waals surface area contributed by atoms with E-state index in [9.17, 15) is 4.79 Å². The number of ether oxygens (including phenoxy) is 1. The van der Waals surface area contributed by atoms with Crippen LogP contribution in [-0.4, -0.2) is 11.5 Å². The Hall–Kier alpha value is -1.77. The Labute approximate surface area is 88.8 Å². The third-order valence-electron chi connectivity index (χ3n) is 2.44. The summed E-state index contributed by atoms with van der Waals surface area (Å²) < 4.78 is 5.28. The van der Waals surface area contributed by atoms with Crippen molar-refractivity contribution >= 4 is 11.6 Å². The average Bonchev–Trinajstić information content (AvgIpc) is 2.68. The first-order valence-electron chi connectivity index (χ1n) is 4.90. The van der Waals surface area contributed by atoms with E-state index in [0.29, 0.717) is 6.42 Å². The van der Waals surface area contributed by atoms with E-state index in [4.69, 9.17) is 4.74 Å². The molecule has 1 heterocycles. The van der Waals surface area contributed by atoms with Gasteiger partial charge in [-0.25, -0.2) is 0 Å². The molecular weight excluding hydrogens is 190 g/mol. The van der Waals surface area contributed by atoms with Crippen molar-refractivity contribution in [3.8, 4) is 0 Å². The largest absolute Gasteiger partial charge is 0.485 e. The zero-order valence-electron chi connectivity index (χ0n) is 8.57. The van der Waals surface area contributed by atoms with Gasteiger partial charge in [-0.2, -0.15) is 0 Å². The molecule has 2 rings (SSSR count). The first-order chi connectivity index (χ1) is 7.21. The number of rotatable bonds is 2. The Morgan fingerprint density at radius 3 is 2.73 bits per heavy atom. The second-order valence-electron chi connectivity index (χ2n) is 3.74. The van der Waals surface area contributed by atoms with Crippen molar-refractivity contribution in [1.29, 1.82) is 0 Å². The fourth-order valence-electron chi connectivity index (χ4n) is 1.45. The van der Waals surface area contributed by atoms with Crippen molar-refractivity contribution in [2.24, 2.45) is 0 Å². The van der Waals surface area contributed by atoms with Gasteiger partial charge in [-0.3, -0.25) is 4.79 Å². The molecular formula is C12H13NO2. The van der Waals surface area contributed by atoms with Gasteiger partial charge in [-0.05, 0) is 25.1 Å². The number of amides is 1. The minimum Gasteiger partial charge on any atom is -0.485 e. The molecule has 1 amide bonds. The summed E-state index contributed by atoms with van der Waals surface area (Å²) in [6.07, 6.45) is 4.04. The summed E-state index contributed by atoms with van der Waals surface area (Å²) in [7, 11) is 0. The maximum atomic E-state index is 11.9. The lowest BCUT2D eigenvalue weighted by Crippen LogP contribution is -2.39. The van der Waals surface area contributed by atoms with Crippen molar-refractivity contribution in [2.75, 3.05) is 5.32 Å². The van der Waals surface area contributed by atoms with Gasteiger partial charge >= 0.3 is 0 Å². The van der Waals surface area contributed by atoms with Gasteiger partial charge in [0.05, 0.1) is 6.26 Å². The quantitative estimate of drug-likeness (QED) is 0.801. The first-order valence-corrected chi connectivity index (χ1v) is 4.90. The van der Waals surface area contributed by atoms with Crippen LogP contribution in [0.15, 0.2) is 42.7 Å². The van der Waals surface area contributed by atoms with E-state index in [0.717, 1.165) is 5.69 Å². The number of anilines is 1. The number of carbonyl (C=O) groups excluding carboxylic acids is 1. The number of nitrogens with one attached hydrogen (secondary N) is 1. The maximum absolute atomic E-state index is 11.9. The molecule has 0 saturated carbocycles. The van der Waals surface area contributed by atoms with Crippen LogP contribution in [0.1, 0.15) is 13.3 Å².